The zero-order chi connectivity index (χ0) is 54.5. The molecule has 0 aliphatic carbocycles. The Hall–Kier alpha value is -6.97. The molecule has 4 aromatic heterocycles. The number of hydrogen-bond donors (Lipinski definition) is 3. The first-order valence-corrected chi connectivity index (χ1v) is 27.3. The number of pyridine rings is 2. The largest absolute Gasteiger partial charge is 0.481 e. The van der Waals surface area contributed by atoms with Gasteiger partial charge in [0.15, 0.2) is 0 Å². The van der Waals surface area contributed by atoms with E-state index in [0.29, 0.717) is 74.8 Å². The first-order chi connectivity index (χ1) is 36.2. The molecule has 0 bridgehead atoms. The third-order valence-corrected chi connectivity index (χ3v) is 16.1. The van der Waals surface area contributed by atoms with Crippen LogP contribution in [-0.2, 0) is 63.8 Å². The number of nitrogens with zero attached hydrogens (tertiary/aromatic N) is 7. The molecule has 0 saturated carbocycles. The van der Waals surface area contributed by atoms with Crippen molar-refractivity contribution in [3.8, 4) is 22.3 Å². The maximum Gasteiger partial charge on any atom is 0.303 e. The van der Waals surface area contributed by atoms with Crippen molar-refractivity contribution in [1.82, 2.24) is 34.0 Å². The number of benzene rings is 4. The standard InChI is InChI=1S/C28H27ClFN5O4S.C24H20ClFN4O5S.CH3.W/c1-18-25(33-40(38,39)26-9-7-21(30)15-23(26)29)14-20(16-31-18)19-6-8-24-22(13-19)28(37)35(17-32-24)12-4-5-27(36)34-10-2-3-11-34;1-14-21(29-36(34,35)22-7-5-17(26)11-19(22)25)10-16(12-27-14)15-4-6-20-18(9-15)24(33)30(13-28-20)8-2-3-23(31)32;;/h6-9,13-17,33H,2-5,10-12H2,1H3;4-7,9-13,29H,2-3,8H2,1H3,(H,31,32);1H3;/q;;-1;. The maximum absolute atomic E-state index is 13.4. The van der Waals surface area contributed by atoms with E-state index in [-0.39, 0.29) is 96.1 Å². The van der Waals surface area contributed by atoms with Gasteiger partial charge in [0.1, 0.15) is 21.4 Å². The van der Waals surface area contributed by atoms with Crippen LogP contribution in [0.4, 0.5) is 20.2 Å². The summed E-state index contributed by atoms with van der Waals surface area (Å²) >= 11 is 11.9. The molecular weight excluding hydrogens is 1260 g/mol. The second kappa shape index (κ2) is 25.7. The second-order valence-corrected chi connectivity index (χ2v) is 21.8. The Labute approximate surface area is 471 Å². The number of rotatable bonds is 16. The van der Waals surface area contributed by atoms with Crippen LogP contribution < -0.4 is 20.6 Å². The van der Waals surface area contributed by atoms with Crippen molar-refractivity contribution in [3.05, 3.63) is 171 Å². The molecule has 0 radical (unpaired) electrons. The minimum atomic E-state index is -4.14. The van der Waals surface area contributed by atoms with Gasteiger partial charge < -0.3 is 17.4 Å². The molecule has 1 amide bonds. The van der Waals surface area contributed by atoms with E-state index in [1.807, 2.05) is 4.90 Å². The van der Waals surface area contributed by atoms with E-state index >= 15 is 0 Å². The average Bonchev–Trinajstić information content (AvgIpc) is 3.92. The Morgan fingerprint density at radius 2 is 1.04 bits per heavy atom. The zero-order valence-electron chi connectivity index (χ0n) is 42.0. The van der Waals surface area contributed by atoms with Gasteiger partial charge in [-0.1, -0.05) is 35.3 Å². The van der Waals surface area contributed by atoms with E-state index in [2.05, 4.69) is 29.4 Å². The third kappa shape index (κ3) is 14.2. The molecule has 0 unspecified atom stereocenters. The number of halogens is 4. The SMILES string of the molecule is Cc1ncc(-c2ccc3ncn(CCCC(=O)N4CCCC4)c(=O)c3c2)cc1NS(=O)(=O)c1ccc(F)cc1Cl.Cc1ncc(-c2ccc3ncn(CCCC(=O)O)c(=O)c3c2)cc1NS(=O)(=O)c1ccc(F)cc1Cl.[CH3-].[W]. The molecule has 25 heteroatoms. The number of carboxylic acids is 1. The summed E-state index contributed by atoms with van der Waals surface area (Å²) in [4.78, 5) is 67.9. The van der Waals surface area contributed by atoms with Gasteiger partial charge in [-0.2, -0.15) is 0 Å². The number of hydrogen-bond acceptors (Lipinski definition) is 12. The van der Waals surface area contributed by atoms with Crippen molar-refractivity contribution < 1.29 is 61.4 Å². The summed E-state index contributed by atoms with van der Waals surface area (Å²) in [7, 11) is -8.27. The number of aryl methyl sites for hydroxylation is 4. The molecule has 78 heavy (non-hydrogen) atoms. The fraction of sp³-hybridized carbons (Fsp3) is 0.226. The summed E-state index contributed by atoms with van der Waals surface area (Å²) in [6, 6.07) is 19.4. The van der Waals surface area contributed by atoms with Gasteiger partial charge in [-0.05, 0) is 123 Å². The average molecular weight is 1310 g/mol. The van der Waals surface area contributed by atoms with Crippen LogP contribution in [0.1, 0.15) is 49.9 Å². The third-order valence-electron chi connectivity index (χ3n) is 12.4. The summed E-state index contributed by atoms with van der Waals surface area (Å²) in [5, 5.41) is 9.04. The number of carbonyl (C=O) groups excluding carboxylic acids is 1. The number of aromatic nitrogens is 6. The Morgan fingerprint density at radius 3 is 1.45 bits per heavy atom. The topological polar surface area (TPSA) is 246 Å². The Morgan fingerprint density at radius 1 is 0.615 bits per heavy atom. The molecule has 1 saturated heterocycles. The monoisotopic (exact) mass is 1310 g/mol. The first kappa shape index (κ1) is 60.3. The van der Waals surface area contributed by atoms with E-state index < -0.39 is 37.7 Å². The molecule has 1 aliphatic rings. The molecule has 18 nitrogen and oxygen atoms in total. The predicted octanol–water partition coefficient (Wildman–Crippen LogP) is 9.44. The number of aliphatic carboxylic acids is 1. The van der Waals surface area contributed by atoms with Crippen LogP contribution in [0, 0.1) is 32.9 Å². The molecule has 5 heterocycles. The van der Waals surface area contributed by atoms with Crippen LogP contribution in [0.15, 0.2) is 129 Å². The molecule has 408 valence electrons. The van der Waals surface area contributed by atoms with Gasteiger partial charge >= 0.3 is 5.97 Å². The summed E-state index contributed by atoms with van der Waals surface area (Å²) in [5.74, 6) is -2.14. The van der Waals surface area contributed by atoms with Crippen LogP contribution in [-0.4, -0.2) is 80.9 Å². The molecule has 3 N–H and O–H groups in total. The number of likely N-dealkylation sites (tertiary alicyclic amines) is 1. The molecule has 1 aliphatic heterocycles. The molecule has 0 spiro atoms. The number of nitrogens with one attached hydrogen (secondary N) is 2. The van der Waals surface area contributed by atoms with E-state index in [9.17, 15) is 44.8 Å². The summed E-state index contributed by atoms with van der Waals surface area (Å²) in [6.07, 6.45) is 9.20. The van der Waals surface area contributed by atoms with Gasteiger partial charge in [-0.3, -0.25) is 47.7 Å². The predicted molar refractivity (Wildman–Crippen MR) is 291 cm³/mol. The Balaban J connectivity index is 0.000000247. The molecule has 1 fully saturated rings. The van der Waals surface area contributed by atoms with Gasteiger partial charge in [0.05, 0.1) is 67.3 Å². The molecule has 4 aromatic carbocycles. The normalized spacial score (nSPS) is 12.3. The first-order valence-electron chi connectivity index (χ1n) is 23.5. The fourth-order valence-electron chi connectivity index (χ4n) is 8.30. The van der Waals surface area contributed by atoms with Gasteiger partial charge in [-0.25, -0.2) is 35.6 Å². The van der Waals surface area contributed by atoms with Crippen LogP contribution in [0.25, 0.3) is 44.1 Å². The van der Waals surface area contributed by atoms with Crippen molar-refractivity contribution in [3.63, 3.8) is 0 Å². The number of sulfonamides is 2. The minimum absolute atomic E-state index is 0. The van der Waals surface area contributed by atoms with Crippen molar-refractivity contribution >= 4 is 88.3 Å². The number of fused-ring (bicyclic) bond motifs is 2. The summed E-state index contributed by atoms with van der Waals surface area (Å²) in [5.41, 5.74) is 3.98. The number of carbonyl (C=O) groups is 2. The van der Waals surface area contributed by atoms with Crippen LogP contribution in [0.3, 0.4) is 0 Å². The van der Waals surface area contributed by atoms with E-state index in [1.165, 1.54) is 21.8 Å². The molecule has 9 rings (SSSR count). The number of anilines is 2. The van der Waals surface area contributed by atoms with E-state index in [0.717, 1.165) is 62.3 Å². The van der Waals surface area contributed by atoms with Gasteiger partial charge in [-0.15, -0.1) is 0 Å². The molecular formula is C53H50Cl2F2N9O9S2W-. The Kier molecular flexibility index (Phi) is 19.8. The fourth-order valence-corrected chi connectivity index (χ4v) is 11.6. The second-order valence-electron chi connectivity index (χ2n) is 17.7. The quantitative estimate of drug-likeness (QED) is 0.0764. The molecule has 0 atom stereocenters. The smallest absolute Gasteiger partial charge is 0.303 e. The van der Waals surface area contributed by atoms with Crippen LogP contribution >= 0.6 is 23.2 Å². The van der Waals surface area contributed by atoms with Gasteiger partial charge in [0.2, 0.25) is 5.91 Å². The Bertz CT molecular complexity index is 3940. The van der Waals surface area contributed by atoms with E-state index in [4.69, 9.17) is 28.3 Å². The minimum Gasteiger partial charge on any atom is -0.481 e. The summed E-state index contributed by atoms with van der Waals surface area (Å²) < 4.78 is 86.3. The van der Waals surface area contributed by atoms with Crippen molar-refractivity contribution in [2.45, 2.75) is 75.3 Å². The van der Waals surface area contributed by atoms with Crippen molar-refractivity contribution in [2.24, 2.45) is 0 Å². The summed E-state index contributed by atoms with van der Waals surface area (Å²) in [6.45, 7) is 5.45. The van der Waals surface area contributed by atoms with Crippen LogP contribution in [0.5, 0.6) is 0 Å². The maximum atomic E-state index is 13.4. The van der Waals surface area contributed by atoms with Gasteiger partial charge in [0, 0.05) is 83.6 Å². The number of carboxylic acid groups (broad SMARTS) is 1. The van der Waals surface area contributed by atoms with Gasteiger partial charge in [0.25, 0.3) is 31.2 Å². The van der Waals surface area contributed by atoms with Crippen molar-refractivity contribution in [2.75, 3.05) is 22.5 Å². The van der Waals surface area contributed by atoms with Crippen LogP contribution in [0.2, 0.25) is 10.0 Å². The molecule has 8 aromatic rings. The zero-order valence-corrected chi connectivity index (χ0v) is 48.1. The number of amides is 1. The van der Waals surface area contributed by atoms with E-state index in [1.54, 1.807) is 74.8 Å². The van der Waals surface area contributed by atoms with Crippen molar-refractivity contribution in [1.29, 1.82) is 0 Å².